The standard InChI is InChI=1S/C19H22N4O3S/c1-13-7-5-9-17(20-13)11-23(12-18-10-6-8-14(2)21-18)27(24,25)19-15(3)22-26-16(19)4/h5-10H,11-12H2,1-4H3. The van der Waals surface area contributed by atoms with Gasteiger partial charge in [-0.25, -0.2) is 8.42 Å². The van der Waals surface area contributed by atoms with E-state index >= 15 is 0 Å². The Hall–Kier alpha value is -2.58. The number of hydrogen-bond donors (Lipinski definition) is 0. The third kappa shape index (κ3) is 4.23. The van der Waals surface area contributed by atoms with Gasteiger partial charge in [0.25, 0.3) is 0 Å². The van der Waals surface area contributed by atoms with Crippen molar-refractivity contribution in [2.75, 3.05) is 0 Å². The van der Waals surface area contributed by atoms with Crippen LogP contribution >= 0.6 is 0 Å². The average Bonchev–Trinajstić information content (AvgIpc) is 2.93. The van der Waals surface area contributed by atoms with Crippen LogP contribution in [0.25, 0.3) is 0 Å². The second kappa shape index (κ2) is 7.58. The first-order chi connectivity index (χ1) is 12.8. The molecule has 142 valence electrons. The zero-order valence-corrected chi connectivity index (χ0v) is 16.6. The van der Waals surface area contributed by atoms with Crippen LogP contribution in [0.15, 0.2) is 45.8 Å². The van der Waals surface area contributed by atoms with E-state index in [1.165, 1.54) is 4.31 Å². The topological polar surface area (TPSA) is 89.2 Å². The van der Waals surface area contributed by atoms with E-state index < -0.39 is 10.0 Å². The molecule has 0 aliphatic rings. The van der Waals surface area contributed by atoms with Crippen molar-refractivity contribution in [3.63, 3.8) is 0 Å². The summed E-state index contributed by atoms with van der Waals surface area (Å²) >= 11 is 0. The quantitative estimate of drug-likeness (QED) is 0.647. The fourth-order valence-corrected chi connectivity index (χ4v) is 4.61. The highest BCUT2D eigenvalue weighted by atomic mass is 32.2. The fraction of sp³-hybridized carbons (Fsp3) is 0.316. The summed E-state index contributed by atoms with van der Waals surface area (Å²) in [4.78, 5) is 8.99. The molecule has 8 heteroatoms. The first-order valence-electron chi connectivity index (χ1n) is 8.55. The molecule has 7 nitrogen and oxygen atoms in total. The minimum absolute atomic E-state index is 0.0998. The van der Waals surface area contributed by atoms with Crippen LogP contribution in [0, 0.1) is 27.7 Å². The van der Waals surface area contributed by atoms with Gasteiger partial charge in [0.05, 0.1) is 24.5 Å². The van der Waals surface area contributed by atoms with Crippen LogP contribution in [-0.2, 0) is 23.1 Å². The summed E-state index contributed by atoms with van der Waals surface area (Å²) in [6.07, 6.45) is 0. The molecule has 0 aromatic carbocycles. The molecule has 0 saturated carbocycles. The number of rotatable bonds is 6. The van der Waals surface area contributed by atoms with Crippen molar-refractivity contribution in [1.82, 2.24) is 19.4 Å². The van der Waals surface area contributed by atoms with Gasteiger partial charge in [-0.15, -0.1) is 0 Å². The maximum Gasteiger partial charge on any atom is 0.249 e. The number of pyridine rings is 2. The molecule has 0 fully saturated rings. The van der Waals surface area contributed by atoms with Crippen molar-refractivity contribution in [1.29, 1.82) is 0 Å². The molecule has 3 heterocycles. The van der Waals surface area contributed by atoms with E-state index in [-0.39, 0.29) is 23.7 Å². The number of hydrogen-bond acceptors (Lipinski definition) is 6. The molecule has 0 unspecified atom stereocenters. The Morgan fingerprint density at radius 3 is 1.81 bits per heavy atom. The third-order valence-corrected chi connectivity index (χ3v) is 6.17. The summed E-state index contributed by atoms with van der Waals surface area (Å²) in [5.41, 5.74) is 3.33. The molecule has 27 heavy (non-hydrogen) atoms. The van der Waals surface area contributed by atoms with Gasteiger partial charge in [-0.2, -0.15) is 4.31 Å². The van der Waals surface area contributed by atoms with Crippen molar-refractivity contribution < 1.29 is 12.9 Å². The zero-order chi connectivity index (χ0) is 19.6. The molecule has 0 bridgehead atoms. The summed E-state index contributed by atoms with van der Waals surface area (Å²) in [7, 11) is -3.84. The molecule has 0 aliphatic carbocycles. The van der Waals surface area contributed by atoms with Crippen LogP contribution in [-0.4, -0.2) is 27.8 Å². The molecule has 0 aliphatic heterocycles. The van der Waals surface area contributed by atoms with Gasteiger partial charge in [-0.3, -0.25) is 9.97 Å². The predicted molar refractivity (Wildman–Crippen MR) is 100 cm³/mol. The summed E-state index contributed by atoms with van der Waals surface area (Å²) in [5, 5.41) is 3.80. The van der Waals surface area contributed by atoms with E-state index in [2.05, 4.69) is 15.1 Å². The van der Waals surface area contributed by atoms with Crippen molar-refractivity contribution in [3.8, 4) is 0 Å². The maximum absolute atomic E-state index is 13.4. The van der Waals surface area contributed by atoms with E-state index in [9.17, 15) is 8.42 Å². The molecule has 0 N–H and O–H groups in total. The molecule has 0 radical (unpaired) electrons. The largest absolute Gasteiger partial charge is 0.360 e. The minimum Gasteiger partial charge on any atom is -0.360 e. The Labute approximate surface area is 159 Å². The molecule has 0 amide bonds. The van der Waals surface area contributed by atoms with Crippen LogP contribution in [0.2, 0.25) is 0 Å². The highest BCUT2D eigenvalue weighted by Crippen LogP contribution is 2.26. The summed E-state index contributed by atoms with van der Waals surface area (Å²) < 4.78 is 33.2. The molecular formula is C19H22N4O3S. The maximum atomic E-state index is 13.4. The summed E-state index contributed by atoms with van der Waals surface area (Å²) in [6.45, 7) is 7.23. The molecular weight excluding hydrogens is 364 g/mol. The van der Waals surface area contributed by atoms with E-state index in [0.717, 1.165) is 11.4 Å². The van der Waals surface area contributed by atoms with Crippen molar-refractivity contribution in [2.45, 2.75) is 45.7 Å². The molecule has 0 spiro atoms. The summed E-state index contributed by atoms with van der Waals surface area (Å²) in [5.74, 6) is 0.270. The molecule has 3 aromatic rings. The lowest BCUT2D eigenvalue weighted by Gasteiger charge is -2.21. The van der Waals surface area contributed by atoms with Crippen molar-refractivity contribution >= 4 is 10.0 Å². The molecule has 3 rings (SSSR count). The van der Waals surface area contributed by atoms with Crippen molar-refractivity contribution in [3.05, 3.63) is 70.6 Å². The van der Waals surface area contributed by atoms with Crippen molar-refractivity contribution in [2.24, 2.45) is 0 Å². The van der Waals surface area contributed by atoms with E-state index in [0.29, 0.717) is 17.1 Å². The van der Waals surface area contributed by atoms with Crippen LogP contribution in [0.5, 0.6) is 0 Å². The number of aryl methyl sites for hydroxylation is 4. The second-order valence-electron chi connectivity index (χ2n) is 6.47. The third-order valence-electron chi connectivity index (χ3n) is 4.13. The molecule has 0 atom stereocenters. The minimum atomic E-state index is -3.84. The van der Waals surface area contributed by atoms with Gasteiger partial charge in [-0.1, -0.05) is 17.3 Å². The monoisotopic (exact) mass is 386 g/mol. The van der Waals surface area contributed by atoms with E-state index in [1.54, 1.807) is 13.8 Å². The first-order valence-corrected chi connectivity index (χ1v) is 9.99. The zero-order valence-electron chi connectivity index (χ0n) is 15.8. The Bertz CT molecular complexity index is 993. The van der Waals surface area contributed by atoms with Gasteiger partial charge in [0.15, 0.2) is 5.76 Å². The Kier molecular flexibility index (Phi) is 5.38. The van der Waals surface area contributed by atoms with Crippen LogP contribution in [0.1, 0.15) is 34.2 Å². The Morgan fingerprint density at radius 2 is 1.41 bits per heavy atom. The predicted octanol–water partition coefficient (Wildman–Crippen LogP) is 3.09. The second-order valence-corrected chi connectivity index (χ2v) is 8.34. The number of aromatic nitrogens is 3. The normalized spacial score (nSPS) is 11.9. The summed E-state index contributed by atoms with van der Waals surface area (Å²) in [6, 6.07) is 11.1. The lowest BCUT2D eigenvalue weighted by molar-refractivity contribution is 0.382. The Balaban J connectivity index is 2.03. The highest BCUT2D eigenvalue weighted by molar-refractivity contribution is 7.89. The van der Waals surface area contributed by atoms with Gasteiger partial charge >= 0.3 is 0 Å². The first kappa shape index (κ1) is 19.2. The molecule has 0 saturated heterocycles. The lowest BCUT2D eigenvalue weighted by atomic mass is 10.3. The number of sulfonamides is 1. The Morgan fingerprint density at radius 1 is 0.889 bits per heavy atom. The lowest BCUT2D eigenvalue weighted by Crippen LogP contribution is -2.31. The van der Waals surface area contributed by atoms with Crippen LogP contribution in [0.3, 0.4) is 0 Å². The van der Waals surface area contributed by atoms with Crippen LogP contribution in [0.4, 0.5) is 0 Å². The van der Waals surface area contributed by atoms with Gasteiger partial charge in [0, 0.05) is 11.4 Å². The van der Waals surface area contributed by atoms with Crippen LogP contribution < -0.4 is 0 Å². The SMILES string of the molecule is Cc1cccc(CN(Cc2cccc(C)n2)S(=O)(=O)c2c(C)noc2C)n1. The molecule has 3 aromatic heterocycles. The van der Waals surface area contributed by atoms with Gasteiger partial charge < -0.3 is 4.52 Å². The van der Waals surface area contributed by atoms with Gasteiger partial charge in [-0.05, 0) is 52.0 Å². The fourth-order valence-electron chi connectivity index (χ4n) is 2.93. The average molecular weight is 386 g/mol. The van der Waals surface area contributed by atoms with Gasteiger partial charge in [0.2, 0.25) is 10.0 Å². The van der Waals surface area contributed by atoms with E-state index in [1.807, 2.05) is 50.2 Å². The smallest absolute Gasteiger partial charge is 0.249 e. The highest BCUT2D eigenvalue weighted by Gasteiger charge is 2.31. The number of nitrogens with zero attached hydrogens (tertiary/aromatic N) is 4. The van der Waals surface area contributed by atoms with E-state index in [4.69, 9.17) is 4.52 Å². The van der Waals surface area contributed by atoms with Gasteiger partial charge in [0.1, 0.15) is 10.6 Å².